The van der Waals surface area contributed by atoms with Gasteiger partial charge in [-0.15, -0.1) is 0 Å². The summed E-state index contributed by atoms with van der Waals surface area (Å²) in [5, 5.41) is 9.18. The number of nitrogens with zero attached hydrogens (tertiary/aromatic N) is 1. The molecule has 0 atom stereocenters. The van der Waals surface area contributed by atoms with Crippen molar-refractivity contribution in [2.75, 3.05) is 25.2 Å². The Hall–Kier alpha value is -1.88. The quantitative estimate of drug-likeness (QED) is 0.813. The Kier molecular flexibility index (Phi) is 3.09. The van der Waals surface area contributed by atoms with Crippen molar-refractivity contribution in [2.45, 2.75) is 6.92 Å². The van der Waals surface area contributed by atoms with E-state index in [1.54, 1.807) is 13.1 Å². The first-order valence-electron chi connectivity index (χ1n) is 5.63. The predicted octanol–water partition coefficient (Wildman–Crippen LogP) is 1.06. The van der Waals surface area contributed by atoms with Crippen LogP contribution in [0.5, 0.6) is 0 Å². The van der Waals surface area contributed by atoms with Gasteiger partial charge in [-0.2, -0.15) is 0 Å². The van der Waals surface area contributed by atoms with E-state index in [9.17, 15) is 14.7 Å². The lowest BCUT2D eigenvalue weighted by atomic mass is 9.84. The predicted molar refractivity (Wildman–Crippen MR) is 65.5 cm³/mol. The molecule has 5 heteroatoms. The Labute approximate surface area is 105 Å². The molecule has 0 spiro atoms. The van der Waals surface area contributed by atoms with E-state index in [1.165, 1.54) is 4.90 Å². The molecular weight excluding hydrogens is 234 g/mol. The van der Waals surface area contributed by atoms with Gasteiger partial charge in [0.2, 0.25) is 5.91 Å². The molecule has 1 N–H and O–H groups in total. The fourth-order valence-electron chi connectivity index (χ4n) is 1.92. The number of carbonyl (C=O) groups excluding carboxylic acids is 1. The second-order valence-electron chi connectivity index (χ2n) is 4.58. The highest BCUT2D eigenvalue weighted by Gasteiger charge is 2.54. The summed E-state index contributed by atoms with van der Waals surface area (Å²) >= 11 is 0. The minimum Gasteiger partial charge on any atom is -0.480 e. The number of hydrogen-bond acceptors (Lipinski definition) is 3. The van der Waals surface area contributed by atoms with Gasteiger partial charge >= 0.3 is 5.97 Å². The smallest absolute Gasteiger partial charge is 0.324 e. The van der Waals surface area contributed by atoms with Gasteiger partial charge in [0.15, 0.2) is 5.41 Å². The second-order valence-corrected chi connectivity index (χ2v) is 4.58. The first-order chi connectivity index (χ1) is 8.47. The minimum atomic E-state index is -1.42. The highest BCUT2D eigenvalue weighted by molar-refractivity contribution is 6.10. The average molecular weight is 249 g/mol. The second kappa shape index (κ2) is 4.42. The Morgan fingerprint density at radius 3 is 2.50 bits per heavy atom. The van der Waals surface area contributed by atoms with Crippen LogP contribution < -0.4 is 4.90 Å². The maximum atomic E-state index is 12.3. The molecule has 1 aliphatic heterocycles. The zero-order valence-electron chi connectivity index (χ0n) is 10.3. The number of rotatable bonds is 3. The van der Waals surface area contributed by atoms with Crippen molar-refractivity contribution in [3.05, 3.63) is 29.8 Å². The van der Waals surface area contributed by atoms with Crippen molar-refractivity contribution in [1.29, 1.82) is 0 Å². The fourth-order valence-corrected chi connectivity index (χ4v) is 1.92. The molecule has 1 aliphatic rings. The molecule has 0 radical (unpaired) electrons. The summed E-state index contributed by atoms with van der Waals surface area (Å²) in [6.07, 6.45) is 0. The van der Waals surface area contributed by atoms with Crippen LogP contribution in [0.4, 0.5) is 5.69 Å². The van der Waals surface area contributed by atoms with Crippen LogP contribution in [0.3, 0.4) is 0 Å². The molecule has 96 valence electrons. The van der Waals surface area contributed by atoms with Crippen molar-refractivity contribution < 1.29 is 19.4 Å². The molecule has 1 aromatic rings. The largest absolute Gasteiger partial charge is 0.480 e. The molecule has 0 aromatic heterocycles. The van der Waals surface area contributed by atoms with Crippen molar-refractivity contribution in [3.63, 3.8) is 0 Å². The van der Waals surface area contributed by atoms with Crippen LogP contribution in [0.1, 0.15) is 5.56 Å². The molecule has 1 fully saturated rings. The van der Waals surface area contributed by atoms with Crippen LogP contribution in [0, 0.1) is 12.3 Å². The van der Waals surface area contributed by atoms with E-state index in [4.69, 9.17) is 4.74 Å². The van der Waals surface area contributed by atoms with Crippen molar-refractivity contribution in [3.8, 4) is 0 Å². The molecule has 0 bridgehead atoms. The number of anilines is 1. The number of carboxylic acids is 1. The molecular formula is C13H15NO4. The SMILES string of the molecule is Cc1cccc(N(C)C(=O)C2(C(=O)O)COC2)c1. The van der Waals surface area contributed by atoms with Gasteiger partial charge in [-0.05, 0) is 24.6 Å². The molecule has 18 heavy (non-hydrogen) atoms. The molecule has 0 saturated carbocycles. The highest BCUT2D eigenvalue weighted by atomic mass is 16.5. The van der Waals surface area contributed by atoms with Crippen LogP contribution >= 0.6 is 0 Å². The summed E-state index contributed by atoms with van der Waals surface area (Å²) in [5.41, 5.74) is 0.285. The van der Waals surface area contributed by atoms with E-state index < -0.39 is 17.3 Å². The molecule has 1 aromatic carbocycles. The monoisotopic (exact) mass is 249 g/mol. The maximum Gasteiger partial charge on any atom is 0.324 e. The lowest BCUT2D eigenvalue weighted by molar-refractivity contribution is -0.183. The molecule has 2 rings (SSSR count). The van der Waals surface area contributed by atoms with Crippen LogP contribution in [0.2, 0.25) is 0 Å². The number of amides is 1. The van der Waals surface area contributed by atoms with Gasteiger partial charge in [0.25, 0.3) is 0 Å². The number of benzene rings is 1. The van der Waals surface area contributed by atoms with Gasteiger partial charge in [-0.25, -0.2) is 0 Å². The van der Waals surface area contributed by atoms with Gasteiger partial charge in [0.1, 0.15) is 0 Å². The summed E-state index contributed by atoms with van der Waals surface area (Å²) in [7, 11) is 1.58. The summed E-state index contributed by atoms with van der Waals surface area (Å²) in [6.45, 7) is 1.80. The summed E-state index contributed by atoms with van der Waals surface area (Å²) in [4.78, 5) is 24.9. The molecule has 1 saturated heterocycles. The van der Waals surface area contributed by atoms with E-state index in [0.29, 0.717) is 5.69 Å². The first kappa shape index (κ1) is 12.6. The van der Waals surface area contributed by atoms with Crippen molar-refractivity contribution in [2.24, 2.45) is 5.41 Å². The van der Waals surface area contributed by atoms with Crippen LogP contribution in [0.25, 0.3) is 0 Å². The number of hydrogen-bond donors (Lipinski definition) is 1. The molecule has 0 aliphatic carbocycles. The number of carboxylic acid groups (broad SMARTS) is 1. The Morgan fingerprint density at radius 1 is 1.39 bits per heavy atom. The van der Waals surface area contributed by atoms with Gasteiger partial charge in [-0.1, -0.05) is 12.1 Å². The molecule has 1 heterocycles. The Morgan fingerprint density at radius 2 is 2.06 bits per heavy atom. The first-order valence-corrected chi connectivity index (χ1v) is 5.63. The number of carbonyl (C=O) groups is 2. The topological polar surface area (TPSA) is 66.8 Å². The zero-order chi connectivity index (χ0) is 13.3. The third-order valence-electron chi connectivity index (χ3n) is 3.21. The van der Waals surface area contributed by atoms with Gasteiger partial charge in [0, 0.05) is 12.7 Å². The van der Waals surface area contributed by atoms with E-state index in [1.807, 2.05) is 25.1 Å². The van der Waals surface area contributed by atoms with Crippen molar-refractivity contribution in [1.82, 2.24) is 0 Å². The number of aliphatic carboxylic acids is 1. The average Bonchev–Trinajstić information content (AvgIpc) is 2.25. The zero-order valence-corrected chi connectivity index (χ0v) is 10.3. The lowest BCUT2D eigenvalue weighted by Crippen LogP contribution is -2.59. The fraction of sp³-hybridized carbons (Fsp3) is 0.385. The minimum absolute atomic E-state index is 0.0582. The third kappa shape index (κ3) is 1.86. The molecule has 0 unspecified atom stereocenters. The lowest BCUT2D eigenvalue weighted by Gasteiger charge is -2.38. The van der Waals surface area contributed by atoms with Gasteiger partial charge in [0.05, 0.1) is 13.2 Å². The van der Waals surface area contributed by atoms with E-state index in [2.05, 4.69) is 0 Å². The Bertz CT molecular complexity index is 494. The summed E-state index contributed by atoms with van der Waals surface area (Å²) in [6, 6.07) is 7.37. The molecule has 5 nitrogen and oxygen atoms in total. The number of aryl methyl sites for hydroxylation is 1. The van der Waals surface area contributed by atoms with Crippen molar-refractivity contribution >= 4 is 17.6 Å². The Balaban J connectivity index is 2.26. The maximum absolute atomic E-state index is 12.3. The molecule has 1 amide bonds. The van der Waals surface area contributed by atoms with Gasteiger partial charge in [-0.3, -0.25) is 9.59 Å². The summed E-state index contributed by atoms with van der Waals surface area (Å²) < 4.78 is 4.90. The van der Waals surface area contributed by atoms with E-state index >= 15 is 0 Å². The van der Waals surface area contributed by atoms with E-state index in [-0.39, 0.29) is 13.2 Å². The highest BCUT2D eigenvalue weighted by Crippen LogP contribution is 2.31. The normalized spacial score (nSPS) is 16.8. The van der Waals surface area contributed by atoms with E-state index in [0.717, 1.165) is 5.56 Å². The van der Waals surface area contributed by atoms with Crippen LogP contribution in [-0.2, 0) is 14.3 Å². The van der Waals surface area contributed by atoms with Crippen LogP contribution in [0.15, 0.2) is 24.3 Å². The third-order valence-corrected chi connectivity index (χ3v) is 3.21. The number of ether oxygens (including phenoxy) is 1. The van der Waals surface area contributed by atoms with Crippen LogP contribution in [-0.4, -0.2) is 37.2 Å². The van der Waals surface area contributed by atoms with Gasteiger partial charge < -0.3 is 14.7 Å². The summed E-state index contributed by atoms with van der Waals surface area (Å²) in [5.74, 6) is -1.56. The standard InChI is InChI=1S/C13H15NO4/c1-9-4-3-5-10(6-9)14(2)11(15)13(12(16)17)7-18-8-13/h3-6H,7-8H2,1-2H3,(H,16,17).